The van der Waals surface area contributed by atoms with E-state index < -0.39 is 0 Å². The molecule has 0 aliphatic carbocycles. The maximum atomic E-state index is 11.2. The number of nitrogens with one attached hydrogen (secondary N) is 1. The van der Waals surface area contributed by atoms with Gasteiger partial charge in [0.05, 0.1) is 6.61 Å². The minimum absolute atomic E-state index is 0.00694. The van der Waals surface area contributed by atoms with E-state index in [4.69, 9.17) is 14.2 Å². The Labute approximate surface area is 119 Å². The number of rotatable bonds is 7. The van der Waals surface area contributed by atoms with Crippen LogP contribution in [0.4, 0.5) is 0 Å². The van der Waals surface area contributed by atoms with Crippen LogP contribution in [0.15, 0.2) is 24.3 Å². The second kappa shape index (κ2) is 7.75. The van der Waals surface area contributed by atoms with Crippen LogP contribution in [0.3, 0.4) is 0 Å². The lowest BCUT2D eigenvalue weighted by Gasteiger charge is -2.26. The van der Waals surface area contributed by atoms with Gasteiger partial charge in [-0.2, -0.15) is 0 Å². The van der Waals surface area contributed by atoms with Crippen LogP contribution in [0.5, 0.6) is 11.5 Å². The molecule has 5 heteroatoms. The molecule has 1 unspecified atom stereocenters. The fourth-order valence-electron chi connectivity index (χ4n) is 2.02. The van der Waals surface area contributed by atoms with Crippen molar-refractivity contribution < 1.29 is 19.0 Å². The summed E-state index contributed by atoms with van der Waals surface area (Å²) in [6.45, 7) is 4.27. The highest BCUT2D eigenvalue weighted by atomic mass is 16.6. The van der Waals surface area contributed by atoms with Gasteiger partial charge in [0.1, 0.15) is 12.7 Å². The van der Waals surface area contributed by atoms with E-state index in [0.29, 0.717) is 26.2 Å². The molecule has 0 fully saturated rings. The minimum Gasteiger partial charge on any atom is -0.486 e. The lowest BCUT2D eigenvalue weighted by Crippen LogP contribution is -2.38. The van der Waals surface area contributed by atoms with Gasteiger partial charge in [-0.15, -0.1) is 0 Å². The molecular formula is C15H21NO4. The van der Waals surface area contributed by atoms with E-state index in [0.717, 1.165) is 24.5 Å². The lowest BCUT2D eigenvalue weighted by molar-refractivity contribution is -0.143. The topological polar surface area (TPSA) is 56.8 Å². The molecule has 0 amide bonds. The number of benzene rings is 1. The fraction of sp³-hybridized carbons (Fsp3) is 0.533. The molecule has 0 aromatic heterocycles. The number of ether oxygens (including phenoxy) is 3. The molecule has 1 aliphatic heterocycles. The van der Waals surface area contributed by atoms with Gasteiger partial charge in [-0.3, -0.25) is 4.79 Å². The summed E-state index contributed by atoms with van der Waals surface area (Å²) in [5, 5.41) is 3.27. The van der Waals surface area contributed by atoms with E-state index >= 15 is 0 Å². The van der Waals surface area contributed by atoms with Crippen molar-refractivity contribution in [2.75, 3.05) is 26.3 Å². The van der Waals surface area contributed by atoms with Gasteiger partial charge in [-0.25, -0.2) is 0 Å². The number of fused-ring (bicyclic) bond motifs is 1. The molecule has 1 aromatic rings. The van der Waals surface area contributed by atoms with Gasteiger partial charge in [0.25, 0.3) is 0 Å². The van der Waals surface area contributed by atoms with E-state index in [-0.39, 0.29) is 12.1 Å². The third-order valence-electron chi connectivity index (χ3n) is 2.98. The molecule has 1 heterocycles. The van der Waals surface area contributed by atoms with Gasteiger partial charge in [0.15, 0.2) is 11.5 Å². The molecular weight excluding hydrogens is 258 g/mol. The largest absolute Gasteiger partial charge is 0.486 e. The van der Waals surface area contributed by atoms with Crippen molar-refractivity contribution >= 4 is 5.97 Å². The van der Waals surface area contributed by atoms with E-state index in [1.54, 1.807) is 0 Å². The molecule has 1 N–H and O–H groups in total. The Morgan fingerprint density at radius 2 is 2.20 bits per heavy atom. The third kappa shape index (κ3) is 4.42. The summed E-state index contributed by atoms with van der Waals surface area (Å²) in [5.74, 6) is 1.45. The molecule has 0 saturated carbocycles. The maximum Gasteiger partial charge on any atom is 0.305 e. The van der Waals surface area contributed by atoms with Crippen LogP contribution >= 0.6 is 0 Å². The lowest BCUT2D eigenvalue weighted by atomic mass is 10.2. The van der Waals surface area contributed by atoms with Gasteiger partial charge >= 0.3 is 5.97 Å². The summed E-state index contributed by atoms with van der Waals surface area (Å²) >= 11 is 0. The number of hydrogen-bond donors (Lipinski definition) is 1. The van der Waals surface area contributed by atoms with Crippen molar-refractivity contribution in [3.63, 3.8) is 0 Å². The Morgan fingerprint density at radius 3 is 3.00 bits per heavy atom. The highest BCUT2D eigenvalue weighted by Crippen LogP contribution is 2.30. The normalized spacial score (nSPS) is 16.8. The zero-order valence-corrected chi connectivity index (χ0v) is 11.8. The number of hydrogen-bond acceptors (Lipinski definition) is 5. The molecule has 5 nitrogen and oxygen atoms in total. The molecule has 20 heavy (non-hydrogen) atoms. The summed E-state index contributed by atoms with van der Waals surface area (Å²) in [7, 11) is 0. The molecule has 0 bridgehead atoms. The van der Waals surface area contributed by atoms with Crippen molar-refractivity contribution in [2.45, 2.75) is 25.9 Å². The van der Waals surface area contributed by atoms with E-state index in [2.05, 4.69) is 5.32 Å². The number of esters is 1. The standard InChI is InChI=1S/C15H21NO4/c1-2-18-15(17)8-5-9-16-10-12-11-19-13-6-3-4-7-14(13)20-12/h3-4,6-7,12,16H,2,5,8-11H2,1H3. The summed E-state index contributed by atoms with van der Waals surface area (Å²) in [4.78, 5) is 11.2. The van der Waals surface area contributed by atoms with Crippen molar-refractivity contribution in [3.05, 3.63) is 24.3 Å². The van der Waals surface area contributed by atoms with Crippen LogP contribution in [0.2, 0.25) is 0 Å². The summed E-state index contributed by atoms with van der Waals surface area (Å²) in [6.07, 6.45) is 1.22. The Balaban J connectivity index is 1.61. The van der Waals surface area contributed by atoms with E-state index in [9.17, 15) is 4.79 Å². The Bertz CT molecular complexity index is 436. The van der Waals surface area contributed by atoms with Crippen LogP contribution in [0, 0.1) is 0 Å². The van der Waals surface area contributed by atoms with Gasteiger partial charge < -0.3 is 19.5 Å². The van der Waals surface area contributed by atoms with Gasteiger partial charge in [0.2, 0.25) is 0 Å². The van der Waals surface area contributed by atoms with E-state index in [1.807, 2.05) is 31.2 Å². The molecule has 1 aromatic carbocycles. The quantitative estimate of drug-likeness (QED) is 0.609. The second-order valence-corrected chi connectivity index (χ2v) is 4.61. The molecule has 2 rings (SSSR count). The summed E-state index contributed by atoms with van der Waals surface area (Å²) in [6, 6.07) is 7.66. The van der Waals surface area contributed by atoms with Gasteiger partial charge in [0, 0.05) is 13.0 Å². The zero-order chi connectivity index (χ0) is 14.2. The van der Waals surface area contributed by atoms with Crippen molar-refractivity contribution in [2.24, 2.45) is 0 Å². The Kier molecular flexibility index (Phi) is 5.68. The summed E-state index contributed by atoms with van der Waals surface area (Å²) in [5.41, 5.74) is 0. The third-order valence-corrected chi connectivity index (χ3v) is 2.98. The highest BCUT2D eigenvalue weighted by Gasteiger charge is 2.19. The predicted molar refractivity (Wildman–Crippen MR) is 75.1 cm³/mol. The number of carbonyl (C=O) groups excluding carboxylic acids is 1. The first kappa shape index (κ1) is 14.7. The molecule has 0 saturated heterocycles. The smallest absolute Gasteiger partial charge is 0.305 e. The van der Waals surface area contributed by atoms with Crippen molar-refractivity contribution in [1.82, 2.24) is 5.32 Å². The van der Waals surface area contributed by atoms with Gasteiger partial charge in [-0.05, 0) is 32.0 Å². The summed E-state index contributed by atoms with van der Waals surface area (Å²) < 4.78 is 16.3. The zero-order valence-electron chi connectivity index (χ0n) is 11.8. The van der Waals surface area contributed by atoms with Crippen LogP contribution in [0.1, 0.15) is 19.8 Å². The first-order valence-electron chi connectivity index (χ1n) is 7.04. The average molecular weight is 279 g/mol. The molecule has 1 atom stereocenters. The maximum absolute atomic E-state index is 11.2. The van der Waals surface area contributed by atoms with Crippen LogP contribution in [-0.2, 0) is 9.53 Å². The average Bonchev–Trinajstić information content (AvgIpc) is 2.47. The first-order chi connectivity index (χ1) is 9.79. The van der Waals surface area contributed by atoms with Gasteiger partial charge in [-0.1, -0.05) is 12.1 Å². The Morgan fingerprint density at radius 1 is 1.40 bits per heavy atom. The fourth-order valence-corrected chi connectivity index (χ4v) is 2.02. The van der Waals surface area contributed by atoms with Crippen LogP contribution < -0.4 is 14.8 Å². The number of para-hydroxylation sites is 2. The van der Waals surface area contributed by atoms with E-state index in [1.165, 1.54) is 0 Å². The molecule has 1 aliphatic rings. The van der Waals surface area contributed by atoms with Crippen LogP contribution in [0.25, 0.3) is 0 Å². The minimum atomic E-state index is -0.138. The number of carbonyl (C=O) groups is 1. The van der Waals surface area contributed by atoms with Crippen molar-refractivity contribution in [1.29, 1.82) is 0 Å². The highest BCUT2D eigenvalue weighted by molar-refractivity contribution is 5.69. The van der Waals surface area contributed by atoms with Crippen LogP contribution in [-0.4, -0.2) is 38.4 Å². The molecule has 0 spiro atoms. The monoisotopic (exact) mass is 279 g/mol. The SMILES string of the molecule is CCOC(=O)CCCNCC1COc2ccccc2O1. The van der Waals surface area contributed by atoms with Crippen molar-refractivity contribution in [3.8, 4) is 11.5 Å². The first-order valence-corrected chi connectivity index (χ1v) is 7.04. The molecule has 0 radical (unpaired) electrons. The second-order valence-electron chi connectivity index (χ2n) is 4.61. The molecule has 110 valence electrons. The Hall–Kier alpha value is -1.75. The predicted octanol–water partition coefficient (Wildman–Crippen LogP) is 1.76.